The van der Waals surface area contributed by atoms with Crippen molar-refractivity contribution >= 4 is 21.5 Å². The summed E-state index contributed by atoms with van der Waals surface area (Å²) in [6.07, 6.45) is -4.33. The molecule has 1 atom stereocenters. The second-order valence-corrected chi connectivity index (χ2v) is 6.46. The molecule has 1 saturated heterocycles. The number of alkyl halides is 3. The van der Waals surface area contributed by atoms with Crippen LogP contribution in [0.5, 0.6) is 0 Å². The number of hydrogen-bond acceptors (Lipinski definition) is 2. The summed E-state index contributed by atoms with van der Waals surface area (Å²) in [4.78, 5) is 1.56. The van der Waals surface area contributed by atoms with Crippen LogP contribution in [0.3, 0.4) is 0 Å². The highest BCUT2D eigenvalue weighted by Crippen LogP contribution is 2.44. The Morgan fingerprint density at radius 1 is 0.840 bits per heavy atom. The van der Waals surface area contributed by atoms with E-state index in [1.807, 2.05) is 42.5 Å². The number of benzene rings is 3. The van der Waals surface area contributed by atoms with Gasteiger partial charge in [0.1, 0.15) is 6.04 Å². The Kier molecular flexibility index (Phi) is 4.13. The molecule has 0 unspecified atom stereocenters. The van der Waals surface area contributed by atoms with Crippen LogP contribution in [0.4, 0.5) is 13.2 Å². The van der Waals surface area contributed by atoms with Gasteiger partial charge in [-0.25, -0.2) is 0 Å². The zero-order valence-corrected chi connectivity index (χ0v) is 13.7. The maximum absolute atomic E-state index is 14.2. The molecule has 0 saturated carbocycles. The Morgan fingerprint density at radius 2 is 1.36 bits per heavy atom. The van der Waals surface area contributed by atoms with Crippen molar-refractivity contribution in [2.24, 2.45) is 0 Å². The molecular formula is C20H19F3N2. The van der Waals surface area contributed by atoms with E-state index in [2.05, 4.69) is 5.32 Å². The fraction of sp³-hybridized carbons (Fsp3) is 0.300. The first-order chi connectivity index (χ1) is 12.1. The number of rotatable bonds is 2. The molecule has 1 N–H and O–H groups in total. The molecule has 1 heterocycles. The number of halogens is 3. The lowest BCUT2D eigenvalue weighted by molar-refractivity contribution is -0.187. The molecule has 0 spiro atoms. The highest BCUT2D eigenvalue weighted by molar-refractivity contribution is 6.02. The van der Waals surface area contributed by atoms with Crippen LogP contribution in [0.25, 0.3) is 21.5 Å². The number of nitrogens with zero attached hydrogens (tertiary/aromatic N) is 1. The number of fused-ring (bicyclic) bond motifs is 2. The van der Waals surface area contributed by atoms with Crippen LogP contribution in [0.2, 0.25) is 0 Å². The van der Waals surface area contributed by atoms with E-state index in [0.717, 1.165) is 10.8 Å². The molecule has 25 heavy (non-hydrogen) atoms. The Balaban J connectivity index is 2.03. The van der Waals surface area contributed by atoms with E-state index in [0.29, 0.717) is 42.5 Å². The molecule has 3 aromatic rings. The van der Waals surface area contributed by atoms with Crippen LogP contribution in [-0.2, 0) is 0 Å². The van der Waals surface area contributed by atoms with Gasteiger partial charge in [-0.2, -0.15) is 13.2 Å². The SMILES string of the molecule is FC(F)(F)[C@H](c1c2ccccc2cc2ccccc12)N1CCNCC1. The molecule has 0 aliphatic carbocycles. The first kappa shape index (κ1) is 16.4. The van der Waals surface area contributed by atoms with Crippen LogP contribution in [0.15, 0.2) is 54.6 Å². The standard InChI is InChI=1S/C20H19F3N2/c21-20(22,23)19(25-11-9-24-10-12-25)18-16-7-3-1-5-14(16)13-15-6-2-4-8-17(15)18/h1-8,13,19,24H,9-12H2/t19-/m0/s1. The summed E-state index contributed by atoms with van der Waals surface area (Å²) in [5.74, 6) is 0. The second kappa shape index (κ2) is 6.32. The van der Waals surface area contributed by atoms with Gasteiger partial charge in [0.25, 0.3) is 0 Å². The molecule has 5 heteroatoms. The number of hydrogen-bond donors (Lipinski definition) is 1. The minimum absolute atomic E-state index is 0.378. The van der Waals surface area contributed by atoms with Crippen molar-refractivity contribution < 1.29 is 13.2 Å². The van der Waals surface area contributed by atoms with Gasteiger partial charge < -0.3 is 5.32 Å². The van der Waals surface area contributed by atoms with E-state index >= 15 is 0 Å². The van der Waals surface area contributed by atoms with Gasteiger partial charge in [-0.3, -0.25) is 4.90 Å². The van der Waals surface area contributed by atoms with Gasteiger partial charge in [0.05, 0.1) is 0 Å². The van der Waals surface area contributed by atoms with Crippen LogP contribution in [0, 0.1) is 0 Å². The number of nitrogens with one attached hydrogen (secondary N) is 1. The molecule has 2 nitrogen and oxygen atoms in total. The first-order valence-corrected chi connectivity index (χ1v) is 8.47. The smallest absolute Gasteiger partial charge is 0.314 e. The van der Waals surface area contributed by atoms with Gasteiger partial charge in [-0.05, 0) is 33.2 Å². The lowest BCUT2D eigenvalue weighted by Gasteiger charge is -2.37. The Bertz CT molecular complexity index is 844. The van der Waals surface area contributed by atoms with Crippen molar-refractivity contribution in [1.29, 1.82) is 0 Å². The van der Waals surface area contributed by atoms with Gasteiger partial charge in [-0.1, -0.05) is 48.5 Å². The summed E-state index contributed by atoms with van der Waals surface area (Å²) in [5.41, 5.74) is 0.378. The van der Waals surface area contributed by atoms with E-state index in [4.69, 9.17) is 0 Å². The fourth-order valence-electron chi connectivity index (χ4n) is 3.84. The van der Waals surface area contributed by atoms with E-state index in [1.165, 1.54) is 0 Å². The predicted octanol–water partition coefficient (Wildman–Crippen LogP) is 4.50. The molecule has 1 aliphatic rings. The predicted molar refractivity (Wildman–Crippen MR) is 94.7 cm³/mol. The zero-order chi connectivity index (χ0) is 17.4. The summed E-state index contributed by atoms with van der Waals surface area (Å²) < 4.78 is 42.6. The normalized spacial score (nSPS) is 17.9. The minimum atomic E-state index is -4.33. The average molecular weight is 344 g/mol. The minimum Gasteiger partial charge on any atom is -0.314 e. The molecule has 130 valence electrons. The Morgan fingerprint density at radius 3 is 1.88 bits per heavy atom. The molecule has 0 bridgehead atoms. The van der Waals surface area contributed by atoms with Crippen molar-refractivity contribution in [3.8, 4) is 0 Å². The summed E-state index contributed by atoms with van der Waals surface area (Å²) in [6, 6.07) is 15.1. The van der Waals surface area contributed by atoms with Crippen LogP contribution in [0.1, 0.15) is 11.6 Å². The number of piperazine rings is 1. The van der Waals surface area contributed by atoms with E-state index in [-0.39, 0.29) is 0 Å². The largest absolute Gasteiger partial charge is 0.408 e. The summed E-state index contributed by atoms with van der Waals surface area (Å²) in [5, 5.41) is 6.20. The van der Waals surface area contributed by atoms with Gasteiger partial charge in [0, 0.05) is 26.2 Å². The maximum Gasteiger partial charge on any atom is 0.408 e. The van der Waals surface area contributed by atoms with Crippen molar-refractivity contribution in [3.05, 3.63) is 60.2 Å². The van der Waals surface area contributed by atoms with E-state index in [9.17, 15) is 13.2 Å². The van der Waals surface area contributed by atoms with Crippen molar-refractivity contribution in [2.75, 3.05) is 26.2 Å². The fourth-order valence-corrected chi connectivity index (χ4v) is 3.84. The molecule has 0 amide bonds. The molecule has 3 aromatic carbocycles. The topological polar surface area (TPSA) is 15.3 Å². The van der Waals surface area contributed by atoms with E-state index in [1.54, 1.807) is 17.0 Å². The highest BCUT2D eigenvalue weighted by Gasteiger charge is 2.46. The van der Waals surface area contributed by atoms with Crippen LogP contribution >= 0.6 is 0 Å². The van der Waals surface area contributed by atoms with Gasteiger partial charge in [0.15, 0.2) is 0 Å². The molecule has 1 aliphatic heterocycles. The lowest BCUT2D eigenvalue weighted by Crippen LogP contribution is -2.49. The Hall–Kier alpha value is -2.11. The third-order valence-corrected chi connectivity index (χ3v) is 4.91. The van der Waals surface area contributed by atoms with Crippen molar-refractivity contribution in [1.82, 2.24) is 10.2 Å². The van der Waals surface area contributed by atoms with Crippen LogP contribution < -0.4 is 5.32 Å². The summed E-state index contributed by atoms with van der Waals surface area (Å²) in [6.45, 7) is 1.94. The zero-order valence-electron chi connectivity index (χ0n) is 13.7. The average Bonchev–Trinajstić information content (AvgIpc) is 2.61. The molecule has 4 rings (SSSR count). The van der Waals surface area contributed by atoms with Gasteiger partial charge in [-0.15, -0.1) is 0 Å². The summed E-state index contributed by atoms with van der Waals surface area (Å²) >= 11 is 0. The molecule has 0 radical (unpaired) electrons. The van der Waals surface area contributed by atoms with Gasteiger partial charge >= 0.3 is 6.18 Å². The van der Waals surface area contributed by atoms with Gasteiger partial charge in [0.2, 0.25) is 0 Å². The highest BCUT2D eigenvalue weighted by atomic mass is 19.4. The van der Waals surface area contributed by atoms with Crippen molar-refractivity contribution in [2.45, 2.75) is 12.2 Å². The van der Waals surface area contributed by atoms with E-state index < -0.39 is 12.2 Å². The van der Waals surface area contributed by atoms with Crippen molar-refractivity contribution in [3.63, 3.8) is 0 Å². The monoisotopic (exact) mass is 344 g/mol. The quantitative estimate of drug-likeness (QED) is 0.689. The van der Waals surface area contributed by atoms with Crippen LogP contribution in [-0.4, -0.2) is 37.3 Å². The third-order valence-electron chi connectivity index (χ3n) is 4.91. The molecule has 0 aromatic heterocycles. The summed E-state index contributed by atoms with van der Waals surface area (Å²) in [7, 11) is 0. The molecule has 1 fully saturated rings. The third kappa shape index (κ3) is 2.98. The lowest BCUT2D eigenvalue weighted by atomic mass is 9.91. The Labute approximate surface area is 144 Å². The first-order valence-electron chi connectivity index (χ1n) is 8.47. The second-order valence-electron chi connectivity index (χ2n) is 6.46. The molecular weight excluding hydrogens is 325 g/mol. The maximum atomic E-state index is 14.2.